The van der Waals surface area contributed by atoms with Crippen LogP contribution in [-0.2, 0) is 10.2 Å². The van der Waals surface area contributed by atoms with Crippen molar-refractivity contribution in [2.24, 2.45) is 5.92 Å². The van der Waals surface area contributed by atoms with Crippen LogP contribution in [0.3, 0.4) is 0 Å². The Hall–Kier alpha value is -3.49. The topological polar surface area (TPSA) is 77.0 Å². The fourth-order valence-corrected chi connectivity index (χ4v) is 3.66. The van der Waals surface area contributed by atoms with Gasteiger partial charge < -0.3 is 10.1 Å². The first kappa shape index (κ1) is 20.8. The van der Waals surface area contributed by atoms with Crippen LogP contribution in [0, 0.1) is 37.2 Å². The molecule has 1 N–H and O–H groups in total. The molecule has 2 unspecified atom stereocenters. The molecule has 2 atom stereocenters. The number of amides is 1. The van der Waals surface area contributed by atoms with Crippen molar-refractivity contribution >= 4 is 11.7 Å². The van der Waals surface area contributed by atoms with Crippen LogP contribution in [0.5, 0.6) is 5.75 Å². The zero-order chi connectivity index (χ0) is 22.2. The van der Waals surface area contributed by atoms with Gasteiger partial charge in [-0.15, -0.1) is 0 Å². The second kappa shape index (κ2) is 7.98. The SMILES string of the molecule is Cc1ncc(OCC2(c3cccc(F)c3F)CC2C(=O)Nc2ccc(F)cn2)c(C)n1. The molecule has 1 aliphatic carbocycles. The second-order valence-corrected chi connectivity index (χ2v) is 7.52. The number of anilines is 1. The lowest BCUT2D eigenvalue weighted by atomic mass is 9.93. The normalized spacial score (nSPS) is 19.7. The van der Waals surface area contributed by atoms with Crippen LogP contribution in [-0.4, -0.2) is 27.5 Å². The summed E-state index contributed by atoms with van der Waals surface area (Å²) >= 11 is 0. The van der Waals surface area contributed by atoms with E-state index < -0.39 is 34.7 Å². The molecule has 1 aromatic carbocycles. The van der Waals surface area contributed by atoms with Crippen LogP contribution in [0.25, 0.3) is 0 Å². The van der Waals surface area contributed by atoms with E-state index in [-0.39, 0.29) is 24.4 Å². The maximum atomic E-state index is 14.7. The Bertz CT molecular complexity index is 1140. The van der Waals surface area contributed by atoms with Crippen molar-refractivity contribution in [2.75, 3.05) is 11.9 Å². The highest BCUT2D eigenvalue weighted by atomic mass is 19.2. The van der Waals surface area contributed by atoms with Crippen LogP contribution in [0.2, 0.25) is 0 Å². The zero-order valence-electron chi connectivity index (χ0n) is 16.8. The predicted molar refractivity (Wildman–Crippen MR) is 106 cm³/mol. The number of ether oxygens (including phenoxy) is 1. The first-order valence-corrected chi connectivity index (χ1v) is 9.60. The van der Waals surface area contributed by atoms with Crippen molar-refractivity contribution in [3.05, 3.63) is 77.3 Å². The zero-order valence-corrected chi connectivity index (χ0v) is 16.8. The molecule has 31 heavy (non-hydrogen) atoms. The Morgan fingerprint density at radius 3 is 2.68 bits per heavy atom. The Labute approximate surface area is 176 Å². The number of aromatic nitrogens is 3. The van der Waals surface area contributed by atoms with Gasteiger partial charge in [0.2, 0.25) is 5.91 Å². The molecule has 160 valence electrons. The Balaban J connectivity index is 1.60. The van der Waals surface area contributed by atoms with Crippen molar-refractivity contribution in [1.82, 2.24) is 15.0 Å². The van der Waals surface area contributed by atoms with Crippen LogP contribution >= 0.6 is 0 Å². The highest BCUT2D eigenvalue weighted by Crippen LogP contribution is 2.55. The second-order valence-electron chi connectivity index (χ2n) is 7.52. The summed E-state index contributed by atoms with van der Waals surface area (Å²) in [6.07, 6.45) is 2.73. The molecular formula is C22H19F3N4O2. The van der Waals surface area contributed by atoms with Gasteiger partial charge in [0.25, 0.3) is 0 Å². The maximum Gasteiger partial charge on any atom is 0.229 e. The lowest BCUT2D eigenvalue weighted by Gasteiger charge is -2.20. The summed E-state index contributed by atoms with van der Waals surface area (Å²) in [6, 6.07) is 6.35. The van der Waals surface area contributed by atoms with Gasteiger partial charge in [-0.3, -0.25) is 4.79 Å². The van der Waals surface area contributed by atoms with Gasteiger partial charge in [-0.25, -0.2) is 28.1 Å². The molecule has 6 nitrogen and oxygen atoms in total. The van der Waals surface area contributed by atoms with Crippen LogP contribution < -0.4 is 10.1 Å². The van der Waals surface area contributed by atoms with Crippen molar-refractivity contribution in [1.29, 1.82) is 0 Å². The number of carbonyl (C=O) groups excluding carboxylic acids is 1. The van der Waals surface area contributed by atoms with Crippen molar-refractivity contribution in [3.8, 4) is 5.75 Å². The Kier molecular flexibility index (Phi) is 5.34. The van der Waals surface area contributed by atoms with E-state index in [2.05, 4.69) is 20.3 Å². The molecule has 0 radical (unpaired) electrons. The third-order valence-corrected chi connectivity index (χ3v) is 5.40. The van der Waals surface area contributed by atoms with E-state index in [1.165, 1.54) is 24.4 Å². The molecule has 1 saturated carbocycles. The van der Waals surface area contributed by atoms with Gasteiger partial charge in [-0.2, -0.15) is 0 Å². The van der Waals surface area contributed by atoms with Gasteiger partial charge >= 0.3 is 0 Å². The maximum absolute atomic E-state index is 14.7. The van der Waals surface area contributed by atoms with Crippen molar-refractivity contribution < 1.29 is 22.7 Å². The first-order chi connectivity index (χ1) is 14.8. The molecule has 4 rings (SSSR count). The quantitative estimate of drug-likeness (QED) is 0.645. The predicted octanol–water partition coefficient (Wildman–Crippen LogP) is 3.88. The molecule has 0 bridgehead atoms. The van der Waals surface area contributed by atoms with Gasteiger partial charge in [-0.05, 0) is 38.5 Å². The van der Waals surface area contributed by atoms with Gasteiger partial charge in [-0.1, -0.05) is 12.1 Å². The summed E-state index contributed by atoms with van der Waals surface area (Å²) in [5, 5.41) is 2.59. The minimum absolute atomic E-state index is 0.0606. The molecule has 0 aliphatic heterocycles. The number of rotatable bonds is 6. The lowest BCUT2D eigenvalue weighted by molar-refractivity contribution is -0.117. The fourth-order valence-electron chi connectivity index (χ4n) is 3.66. The first-order valence-electron chi connectivity index (χ1n) is 9.60. The summed E-state index contributed by atoms with van der Waals surface area (Å²) < 4.78 is 47.5. The third kappa shape index (κ3) is 4.08. The van der Waals surface area contributed by atoms with Gasteiger partial charge in [0, 0.05) is 11.0 Å². The van der Waals surface area contributed by atoms with Gasteiger partial charge in [0.1, 0.15) is 17.5 Å². The number of pyridine rings is 1. The number of nitrogens with zero attached hydrogens (tertiary/aromatic N) is 3. The van der Waals surface area contributed by atoms with Crippen LogP contribution in [0.4, 0.5) is 19.0 Å². The highest BCUT2D eigenvalue weighted by Gasteiger charge is 2.61. The van der Waals surface area contributed by atoms with Gasteiger partial charge in [0.15, 0.2) is 17.4 Å². The molecule has 9 heteroatoms. The summed E-state index contributed by atoms with van der Waals surface area (Å²) in [6.45, 7) is 3.41. The third-order valence-electron chi connectivity index (χ3n) is 5.40. The summed E-state index contributed by atoms with van der Waals surface area (Å²) in [7, 11) is 0. The fraction of sp³-hybridized carbons (Fsp3) is 0.273. The minimum atomic E-state index is -1.08. The van der Waals surface area contributed by atoms with Crippen molar-refractivity contribution in [2.45, 2.75) is 25.7 Å². The van der Waals surface area contributed by atoms with Gasteiger partial charge in [0.05, 0.1) is 30.6 Å². The van der Waals surface area contributed by atoms with E-state index in [1.807, 2.05) is 0 Å². The molecule has 3 aromatic rings. The number of hydrogen-bond donors (Lipinski definition) is 1. The Morgan fingerprint density at radius 1 is 1.16 bits per heavy atom. The molecular weight excluding hydrogens is 409 g/mol. The average Bonchev–Trinajstić information content (AvgIpc) is 3.47. The molecule has 2 heterocycles. The van der Waals surface area contributed by atoms with E-state index in [9.17, 15) is 18.0 Å². The largest absolute Gasteiger partial charge is 0.489 e. The molecule has 0 saturated heterocycles. The summed E-state index contributed by atoms with van der Waals surface area (Å²) in [4.78, 5) is 25.0. The molecule has 1 aliphatic rings. The lowest BCUT2D eigenvalue weighted by Crippen LogP contribution is -2.28. The van der Waals surface area contributed by atoms with E-state index >= 15 is 0 Å². The highest BCUT2D eigenvalue weighted by molar-refractivity contribution is 5.95. The summed E-state index contributed by atoms with van der Waals surface area (Å²) in [5.74, 6) is -2.55. The Morgan fingerprint density at radius 2 is 1.97 bits per heavy atom. The smallest absolute Gasteiger partial charge is 0.229 e. The van der Waals surface area contributed by atoms with E-state index in [0.717, 1.165) is 18.3 Å². The molecule has 1 amide bonds. The number of nitrogens with one attached hydrogen (secondary N) is 1. The molecule has 1 fully saturated rings. The number of carbonyl (C=O) groups is 1. The minimum Gasteiger partial charge on any atom is -0.489 e. The van der Waals surface area contributed by atoms with E-state index in [4.69, 9.17) is 4.74 Å². The van der Waals surface area contributed by atoms with E-state index in [1.54, 1.807) is 13.8 Å². The average molecular weight is 428 g/mol. The number of benzene rings is 1. The van der Waals surface area contributed by atoms with E-state index in [0.29, 0.717) is 17.3 Å². The number of hydrogen-bond acceptors (Lipinski definition) is 5. The van der Waals surface area contributed by atoms with Crippen molar-refractivity contribution in [3.63, 3.8) is 0 Å². The van der Waals surface area contributed by atoms with Crippen LogP contribution in [0.1, 0.15) is 23.5 Å². The summed E-state index contributed by atoms with van der Waals surface area (Å²) in [5.41, 5.74) is -0.418. The molecule has 0 spiro atoms. The standard InChI is InChI=1S/C22H19F3N4O2/c1-12-18(10-26-13(2)28-12)31-11-22(15-4-3-5-17(24)20(15)25)8-16(22)21(30)29-19-7-6-14(23)9-27-19/h3-7,9-10,16H,8,11H2,1-2H3,(H,27,29,30). The number of halogens is 3. The van der Waals surface area contributed by atoms with Crippen LogP contribution in [0.15, 0.2) is 42.7 Å². The monoisotopic (exact) mass is 428 g/mol. The number of aryl methyl sites for hydroxylation is 2. The molecule has 2 aromatic heterocycles.